The molecule has 90 valence electrons. The van der Waals surface area contributed by atoms with Crippen molar-refractivity contribution >= 4 is 0 Å². The highest BCUT2D eigenvalue weighted by molar-refractivity contribution is 5.18. The molecule has 0 bridgehead atoms. The quantitative estimate of drug-likeness (QED) is 0.764. The van der Waals surface area contributed by atoms with Crippen molar-refractivity contribution in [1.82, 2.24) is 5.32 Å². The third-order valence-corrected chi connectivity index (χ3v) is 2.77. The van der Waals surface area contributed by atoms with E-state index < -0.39 is 0 Å². The van der Waals surface area contributed by atoms with Crippen LogP contribution in [0.2, 0.25) is 0 Å². The molecular formula is C14H23NO. The van der Waals surface area contributed by atoms with Crippen molar-refractivity contribution in [3.63, 3.8) is 0 Å². The molecule has 0 aliphatic carbocycles. The van der Waals surface area contributed by atoms with Gasteiger partial charge in [-0.05, 0) is 17.9 Å². The summed E-state index contributed by atoms with van der Waals surface area (Å²) in [5.74, 6) is 0.558. The minimum atomic E-state index is 0.459. The normalized spacial score (nSPS) is 14.7. The molecule has 1 aromatic rings. The lowest BCUT2D eigenvalue weighted by Crippen LogP contribution is -2.27. The molecule has 0 spiro atoms. The largest absolute Gasteiger partial charge is 0.384 e. The molecule has 0 fully saturated rings. The van der Waals surface area contributed by atoms with Gasteiger partial charge >= 0.3 is 0 Å². The van der Waals surface area contributed by atoms with E-state index in [0.717, 1.165) is 19.6 Å². The summed E-state index contributed by atoms with van der Waals surface area (Å²) in [4.78, 5) is 0. The molecule has 2 atom stereocenters. The Hall–Kier alpha value is -0.860. The minimum absolute atomic E-state index is 0.459. The van der Waals surface area contributed by atoms with Crippen molar-refractivity contribution < 1.29 is 4.74 Å². The van der Waals surface area contributed by atoms with E-state index in [1.54, 1.807) is 7.11 Å². The van der Waals surface area contributed by atoms with Crippen LogP contribution >= 0.6 is 0 Å². The first-order valence-corrected chi connectivity index (χ1v) is 6.05. The van der Waals surface area contributed by atoms with Crippen LogP contribution in [0.1, 0.15) is 31.9 Å². The molecular weight excluding hydrogens is 198 g/mol. The molecule has 2 nitrogen and oxygen atoms in total. The standard InChI is InChI=1S/C14H23NO/c1-4-14(13-8-6-5-7-9-13)15-10-12(2)11-16-3/h5-9,12,14-15H,4,10-11H2,1-3H3. The van der Waals surface area contributed by atoms with Gasteiger partial charge in [0.15, 0.2) is 0 Å². The van der Waals surface area contributed by atoms with E-state index >= 15 is 0 Å². The molecule has 2 unspecified atom stereocenters. The first-order valence-electron chi connectivity index (χ1n) is 6.05. The van der Waals surface area contributed by atoms with Crippen LogP contribution in [0.3, 0.4) is 0 Å². The highest BCUT2D eigenvalue weighted by atomic mass is 16.5. The summed E-state index contributed by atoms with van der Waals surface area (Å²) in [7, 11) is 1.75. The Kier molecular flexibility index (Phi) is 6.12. The Labute approximate surface area is 99.0 Å². The lowest BCUT2D eigenvalue weighted by molar-refractivity contribution is 0.156. The molecule has 0 heterocycles. The van der Waals surface area contributed by atoms with Crippen LogP contribution in [0.25, 0.3) is 0 Å². The van der Waals surface area contributed by atoms with Gasteiger partial charge in [-0.2, -0.15) is 0 Å². The maximum atomic E-state index is 5.14. The molecule has 0 aliphatic heterocycles. The predicted octanol–water partition coefficient (Wildman–Crippen LogP) is 3.01. The van der Waals surface area contributed by atoms with Crippen molar-refractivity contribution in [2.75, 3.05) is 20.3 Å². The molecule has 1 N–H and O–H groups in total. The molecule has 0 aromatic heterocycles. The molecule has 0 saturated heterocycles. The summed E-state index contributed by atoms with van der Waals surface area (Å²) in [5, 5.41) is 3.59. The average molecular weight is 221 g/mol. The zero-order chi connectivity index (χ0) is 11.8. The molecule has 1 aromatic carbocycles. The lowest BCUT2D eigenvalue weighted by Gasteiger charge is -2.20. The summed E-state index contributed by atoms with van der Waals surface area (Å²) in [6.45, 7) is 6.24. The molecule has 0 aliphatic rings. The van der Waals surface area contributed by atoms with E-state index in [4.69, 9.17) is 4.74 Å². The second-order valence-corrected chi connectivity index (χ2v) is 4.34. The number of ether oxygens (including phenoxy) is 1. The van der Waals surface area contributed by atoms with Gasteiger partial charge in [0.2, 0.25) is 0 Å². The van der Waals surface area contributed by atoms with Crippen LogP contribution in [0.4, 0.5) is 0 Å². The van der Waals surface area contributed by atoms with Crippen molar-refractivity contribution in [3.05, 3.63) is 35.9 Å². The third kappa shape index (κ3) is 4.33. The van der Waals surface area contributed by atoms with Crippen molar-refractivity contribution in [2.24, 2.45) is 5.92 Å². The second-order valence-electron chi connectivity index (χ2n) is 4.34. The molecule has 0 radical (unpaired) electrons. The maximum absolute atomic E-state index is 5.14. The summed E-state index contributed by atoms with van der Waals surface area (Å²) in [5.41, 5.74) is 1.37. The van der Waals surface area contributed by atoms with Gasteiger partial charge < -0.3 is 10.1 Å². The molecule has 1 rings (SSSR count). The van der Waals surface area contributed by atoms with Crippen LogP contribution in [-0.2, 0) is 4.74 Å². The Bertz CT molecular complexity index is 273. The number of rotatable bonds is 7. The second kappa shape index (κ2) is 7.42. The van der Waals surface area contributed by atoms with E-state index in [1.165, 1.54) is 5.56 Å². The molecule has 2 heteroatoms. The summed E-state index contributed by atoms with van der Waals surface area (Å²) < 4.78 is 5.14. The van der Waals surface area contributed by atoms with Gasteiger partial charge in [0.25, 0.3) is 0 Å². The van der Waals surface area contributed by atoms with Crippen LogP contribution in [0, 0.1) is 5.92 Å². The van der Waals surface area contributed by atoms with Gasteiger partial charge in [0.05, 0.1) is 0 Å². The van der Waals surface area contributed by atoms with Gasteiger partial charge in [0, 0.05) is 26.3 Å². The third-order valence-electron chi connectivity index (χ3n) is 2.77. The molecule has 0 saturated carbocycles. The van der Waals surface area contributed by atoms with Gasteiger partial charge in [0.1, 0.15) is 0 Å². The summed E-state index contributed by atoms with van der Waals surface area (Å²) in [6.07, 6.45) is 1.11. The van der Waals surface area contributed by atoms with E-state index in [1.807, 2.05) is 0 Å². The fourth-order valence-corrected chi connectivity index (χ4v) is 1.87. The monoisotopic (exact) mass is 221 g/mol. The Morgan fingerprint density at radius 3 is 2.50 bits per heavy atom. The van der Waals surface area contributed by atoms with Gasteiger partial charge in [-0.25, -0.2) is 0 Å². The van der Waals surface area contributed by atoms with Gasteiger partial charge in [-0.15, -0.1) is 0 Å². The average Bonchev–Trinajstić information content (AvgIpc) is 2.31. The van der Waals surface area contributed by atoms with Crippen LogP contribution in [-0.4, -0.2) is 20.3 Å². The fourth-order valence-electron chi connectivity index (χ4n) is 1.87. The first kappa shape index (κ1) is 13.2. The predicted molar refractivity (Wildman–Crippen MR) is 68.5 cm³/mol. The number of methoxy groups -OCH3 is 1. The Balaban J connectivity index is 2.44. The SMILES string of the molecule is CCC(NCC(C)COC)c1ccccc1. The van der Waals surface area contributed by atoms with Gasteiger partial charge in [-0.1, -0.05) is 44.2 Å². The van der Waals surface area contributed by atoms with Crippen LogP contribution < -0.4 is 5.32 Å². The van der Waals surface area contributed by atoms with Crippen molar-refractivity contribution in [2.45, 2.75) is 26.3 Å². The first-order chi connectivity index (χ1) is 7.77. The Morgan fingerprint density at radius 1 is 1.25 bits per heavy atom. The highest BCUT2D eigenvalue weighted by Gasteiger charge is 2.09. The molecule has 0 amide bonds. The number of nitrogens with one attached hydrogen (secondary N) is 1. The maximum Gasteiger partial charge on any atom is 0.0499 e. The lowest BCUT2D eigenvalue weighted by atomic mass is 10.0. The Morgan fingerprint density at radius 2 is 1.94 bits per heavy atom. The number of hydrogen-bond acceptors (Lipinski definition) is 2. The number of hydrogen-bond donors (Lipinski definition) is 1. The zero-order valence-electron chi connectivity index (χ0n) is 10.6. The van der Waals surface area contributed by atoms with Crippen molar-refractivity contribution in [3.8, 4) is 0 Å². The van der Waals surface area contributed by atoms with E-state index in [9.17, 15) is 0 Å². The highest BCUT2D eigenvalue weighted by Crippen LogP contribution is 2.15. The van der Waals surface area contributed by atoms with Crippen LogP contribution in [0.15, 0.2) is 30.3 Å². The van der Waals surface area contributed by atoms with E-state index in [2.05, 4.69) is 49.5 Å². The smallest absolute Gasteiger partial charge is 0.0499 e. The summed E-state index contributed by atoms with van der Waals surface area (Å²) >= 11 is 0. The number of benzene rings is 1. The zero-order valence-corrected chi connectivity index (χ0v) is 10.6. The van der Waals surface area contributed by atoms with E-state index in [-0.39, 0.29) is 0 Å². The van der Waals surface area contributed by atoms with Crippen LogP contribution in [0.5, 0.6) is 0 Å². The van der Waals surface area contributed by atoms with E-state index in [0.29, 0.717) is 12.0 Å². The minimum Gasteiger partial charge on any atom is -0.384 e. The fraction of sp³-hybridized carbons (Fsp3) is 0.571. The molecule has 16 heavy (non-hydrogen) atoms. The van der Waals surface area contributed by atoms with Gasteiger partial charge in [-0.3, -0.25) is 0 Å². The summed E-state index contributed by atoms with van der Waals surface area (Å²) in [6, 6.07) is 11.1. The van der Waals surface area contributed by atoms with Crippen molar-refractivity contribution in [1.29, 1.82) is 0 Å². The topological polar surface area (TPSA) is 21.3 Å².